The van der Waals surface area contributed by atoms with Crippen LogP contribution in [0.3, 0.4) is 0 Å². The van der Waals surface area contributed by atoms with Gasteiger partial charge in [0.2, 0.25) is 0 Å². The second kappa shape index (κ2) is 5.25. The smallest absolute Gasteiger partial charge is 0.155 e. The van der Waals surface area contributed by atoms with E-state index < -0.39 is 6.17 Å². The Morgan fingerprint density at radius 1 is 1.21 bits per heavy atom. The molecule has 3 heteroatoms. The van der Waals surface area contributed by atoms with Crippen molar-refractivity contribution in [3.05, 3.63) is 11.6 Å². The van der Waals surface area contributed by atoms with Crippen LogP contribution in [0.5, 0.6) is 0 Å². The highest BCUT2D eigenvalue weighted by molar-refractivity contribution is 5.91. The standard InChI is InChI=1S/C21H29FO2/c1-12(23)17-11-18(22)19-15-5-4-13-10-14(24)6-8-20(13,2)16(15)7-9-21(17,19)3/h10,15-19H,4-9,11H2,1-3H3/t15-,16+,17-,18+,19-,20+,21-/m1/s1. The number of Topliss-reactive ketones (excluding diaryl/α,β-unsaturated/α-hetero) is 1. The molecule has 4 aliphatic rings. The maximum Gasteiger partial charge on any atom is 0.155 e. The second-order valence-electron chi connectivity index (χ2n) is 9.35. The van der Waals surface area contributed by atoms with Crippen LogP contribution in [0.1, 0.15) is 65.7 Å². The number of carbonyl (C=O) groups is 2. The van der Waals surface area contributed by atoms with Crippen molar-refractivity contribution in [3.8, 4) is 0 Å². The number of rotatable bonds is 1. The highest BCUT2D eigenvalue weighted by atomic mass is 19.1. The molecule has 0 spiro atoms. The van der Waals surface area contributed by atoms with Crippen LogP contribution in [0.25, 0.3) is 0 Å². The Kier molecular flexibility index (Phi) is 3.61. The molecule has 0 aliphatic heterocycles. The SMILES string of the molecule is CC(=O)[C@H]1C[C@H](F)[C@H]2[C@@H]3CCC4=CC(=O)CC[C@]4(C)[C@H]3CC[C@@]21C. The molecule has 0 aromatic carbocycles. The van der Waals surface area contributed by atoms with E-state index in [0.717, 1.165) is 32.1 Å². The Balaban J connectivity index is 1.70. The van der Waals surface area contributed by atoms with Crippen LogP contribution in [-0.4, -0.2) is 17.7 Å². The van der Waals surface area contributed by atoms with Crippen molar-refractivity contribution >= 4 is 11.6 Å². The first-order valence-electron chi connectivity index (χ1n) is 9.66. The van der Waals surface area contributed by atoms with Crippen LogP contribution in [0.2, 0.25) is 0 Å². The largest absolute Gasteiger partial charge is 0.300 e. The molecule has 24 heavy (non-hydrogen) atoms. The Morgan fingerprint density at radius 2 is 1.96 bits per heavy atom. The van der Waals surface area contributed by atoms with Gasteiger partial charge in [-0.15, -0.1) is 0 Å². The van der Waals surface area contributed by atoms with Crippen molar-refractivity contribution in [1.82, 2.24) is 0 Å². The van der Waals surface area contributed by atoms with E-state index in [9.17, 15) is 9.59 Å². The summed E-state index contributed by atoms with van der Waals surface area (Å²) in [6, 6.07) is 0. The third kappa shape index (κ3) is 2.05. The van der Waals surface area contributed by atoms with E-state index in [1.54, 1.807) is 6.92 Å². The first kappa shape index (κ1) is 16.5. The summed E-state index contributed by atoms with van der Waals surface area (Å²) in [7, 11) is 0. The van der Waals surface area contributed by atoms with Crippen molar-refractivity contribution in [2.45, 2.75) is 71.9 Å². The first-order chi connectivity index (χ1) is 11.3. The molecule has 4 aliphatic carbocycles. The van der Waals surface area contributed by atoms with E-state index in [4.69, 9.17) is 0 Å². The zero-order valence-electron chi connectivity index (χ0n) is 15.1. The van der Waals surface area contributed by atoms with Gasteiger partial charge in [-0.25, -0.2) is 4.39 Å². The van der Waals surface area contributed by atoms with Gasteiger partial charge in [-0.2, -0.15) is 0 Å². The maximum absolute atomic E-state index is 15.1. The van der Waals surface area contributed by atoms with Gasteiger partial charge in [0.25, 0.3) is 0 Å². The van der Waals surface area contributed by atoms with Gasteiger partial charge in [-0.05, 0) is 80.1 Å². The molecule has 3 fully saturated rings. The van der Waals surface area contributed by atoms with Gasteiger partial charge in [0.15, 0.2) is 5.78 Å². The van der Waals surface area contributed by atoms with Crippen molar-refractivity contribution in [2.75, 3.05) is 0 Å². The fourth-order valence-electron chi connectivity index (χ4n) is 7.20. The van der Waals surface area contributed by atoms with Crippen LogP contribution in [-0.2, 0) is 9.59 Å². The molecule has 0 saturated heterocycles. The number of fused-ring (bicyclic) bond motifs is 5. The van der Waals surface area contributed by atoms with Crippen molar-refractivity contribution < 1.29 is 14.0 Å². The number of ketones is 2. The van der Waals surface area contributed by atoms with Crippen LogP contribution in [0.4, 0.5) is 4.39 Å². The first-order valence-corrected chi connectivity index (χ1v) is 9.66. The summed E-state index contributed by atoms with van der Waals surface area (Å²) < 4.78 is 15.1. The summed E-state index contributed by atoms with van der Waals surface area (Å²) in [5.41, 5.74) is 1.24. The normalized spacial score (nSPS) is 50.6. The maximum atomic E-state index is 15.1. The van der Waals surface area contributed by atoms with E-state index in [-0.39, 0.29) is 34.2 Å². The molecular formula is C21H29FO2. The molecule has 0 heterocycles. The average Bonchev–Trinajstić information content (AvgIpc) is 2.80. The van der Waals surface area contributed by atoms with Crippen LogP contribution in [0.15, 0.2) is 11.6 Å². The third-order valence-corrected chi connectivity index (χ3v) is 8.40. The lowest BCUT2D eigenvalue weighted by molar-refractivity contribution is -0.129. The molecular weight excluding hydrogens is 303 g/mol. The topological polar surface area (TPSA) is 34.1 Å². The van der Waals surface area contributed by atoms with Gasteiger partial charge in [-0.1, -0.05) is 19.4 Å². The minimum atomic E-state index is -0.837. The van der Waals surface area contributed by atoms with Gasteiger partial charge in [0.1, 0.15) is 12.0 Å². The van der Waals surface area contributed by atoms with Crippen molar-refractivity contribution in [3.63, 3.8) is 0 Å². The number of hydrogen-bond acceptors (Lipinski definition) is 2. The number of hydrogen-bond donors (Lipinski definition) is 0. The predicted octanol–water partition coefficient (Wildman–Crippen LogP) is 4.67. The predicted molar refractivity (Wildman–Crippen MR) is 91.2 cm³/mol. The summed E-state index contributed by atoms with van der Waals surface area (Å²) in [4.78, 5) is 24.0. The number of allylic oxidation sites excluding steroid dienone is 1. The minimum absolute atomic E-state index is 0.0288. The summed E-state index contributed by atoms with van der Waals surface area (Å²) >= 11 is 0. The quantitative estimate of drug-likeness (QED) is 0.699. The van der Waals surface area contributed by atoms with E-state index in [1.165, 1.54) is 5.57 Å². The van der Waals surface area contributed by atoms with Crippen LogP contribution in [0, 0.1) is 34.5 Å². The second-order valence-corrected chi connectivity index (χ2v) is 9.35. The minimum Gasteiger partial charge on any atom is -0.300 e. The Labute approximate surface area is 144 Å². The fourth-order valence-corrected chi connectivity index (χ4v) is 7.20. The van der Waals surface area contributed by atoms with Gasteiger partial charge in [-0.3, -0.25) is 9.59 Å². The molecule has 0 unspecified atom stereocenters. The average molecular weight is 332 g/mol. The summed E-state index contributed by atoms with van der Waals surface area (Å²) in [5.74, 6) is 1.22. The zero-order valence-corrected chi connectivity index (χ0v) is 15.1. The summed E-state index contributed by atoms with van der Waals surface area (Å²) in [6.45, 7) is 6.14. The summed E-state index contributed by atoms with van der Waals surface area (Å²) in [6.07, 6.45) is 7.02. The third-order valence-electron chi connectivity index (χ3n) is 8.40. The summed E-state index contributed by atoms with van der Waals surface area (Å²) in [5, 5.41) is 0. The number of carbonyl (C=O) groups excluding carboxylic acids is 2. The van der Waals surface area contributed by atoms with Crippen molar-refractivity contribution in [1.29, 1.82) is 0 Å². The molecule has 3 saturated carbocycles. The monoisotopic (exact) mass is 332 g/mol. The number of alkyl halides is 1. The van der Waals surface area contributed by atoms with E-state index in [1.807, 2.05) is 6.08 Å². The van der Waals surface area contributed by atoms with Gasteiger partial charge in [0, 0.05) is 12.3 Å². The molecule has 0 amide bonds. The highest BCUT2D eigenvalue weighted by Crippen LogP contribution is 2.67. The molecule has 0 aromatic rings. The van der Waals surface area contributed by atoms with Gasteiger partial charge >= 0.3 is 0 Å². The molecule has 0 aromatic heterocycles. The Morgan fingerprint density at radius 3 is 2.67 bits per heavy atom. The molecule has 132 valence electrons. The van der Waals surface area contributed by atoms with Gasteiger partial charge < -0.3 is 0 Å². The van der Waals surface area contributed by atoms with E-state index in [2.05, 4.69) is 13.8 Å². The lowest BCUT2D eigenvalue weighted by atomic mass is 9.46. The molecule has 7 atom stereocenters. The van der Waals surface area contributed by atoms with E-state index >= 15 is 4.39 Å². The van der Waals surface area contributed by atoms with Gasteiger partial charge in [0.05, 0.1) is 0 Å². The molecule has 0 bridgehead atoms. The molecule has 4 rings (SSSR count). The fraction of sp³-hybridized carbons (Fsp3) is 0.810. The molecule has 0 radical (unpaired) electrons. The molecule has 0 N–H and O–H groups in total. The van der Waals surface area contributed by atoms with Crippen LogP contribution >= 0.6 is 0 Å². The molecule has 2 nitrogen and oxygen atoms in total. The number of halogens is 1. The van der Waals surface area contributed by atoms with Crippen molar-refractivity contribution in [2.24, 2.45) is 34.5 Å². The Hall–Kier alpha value is -0.990. The highest BCUT2D eigenvalue weighted by Gasteiger charge is 2.63. The lowest BCUT2D eigenvalue weighted by Crippen LogP contribution is -2.52. The zero-order chi connectivity index (χ0) is 17.3. The Bertz CT molecular complexity index is 623. The van der Waals surface area contributed by atoms with E-state index in [0.29, 0.717) is 24.7 Å². The van der Waals surface area contributed by atoms with Crippen LogP contribution < -0.4 is 0 Å². The lowest BCUT2D eigenvalue weighted by Gasteiger charge is -2.58.